The normalized spacial score (nSPS) is 16.0. The molecule has 0 saturated carbocycles. The Labute approximate surface area is 124 Å². The lowest BCUT2D eigenvalue weighted by atomic mass is 10.1. The smallest absolute Gasteiger partial charge is 0.315 e. The van der Waals surface area contributed by atoms with Crippen molar-refractivity contribution >= 4 is 6.03 Å². The van der Waals surface area contributed by atoms with Crippen LogP contribution < -0.4 is 20.1 Å². The Hall–Kier alpha value is -1.95. The van der Waals surface area contributed by atoms with Gasteiger partial charge in [-0.3, -0.25) is 0 Å². The summed E-state index contributed by atoms with van der Waals surface area (Å²) in [5.41, 5.74) is 0.937. The zero-order chi connectivity index (χ0) is 15.2. The molecule has 0 fully saturated rings. The molecule has 0 spiro atoms. The predicted octanol–water partition coefficient (Wildman–Crippen LogP) is 1.59. The Morgan fingerprint density at radius 3 is 2.67 bits per heavy atom. The summed E-state index contributed by atoms with van der Waals surface area (Å²) < 4.78 is 11.0. The molecule has 3 N–H and O–H groups in total. The number of hydrogen-bond donors (Lipinski definition) is 3. The van der Waals surface area contributed by atoms with Crippen LogP contribution in [-0.2, 0) is 0 Å². The minimum atomic E-state index is -0.293. The molecule has 1 aromatic rings. The van der Waals surface area contributed by atoms with Crippen molar-refractivity contribution in [2.24, 2.45) is 0 Å². The Morgan fingerprint density at radius 1 is 1.29 bits per heavy atom. The van der Waals surface area contributed by atoms with Crippen LogP contribution in [0.3, 0.4) is 0 Å². The van der Waals surface area contributed by atoms with E-state index in [9.17, 15) is 4.79 Å². The lowest BCUT2D eigenvalue weighted by Gasteiger charge is -2.22. The fourth-order valence-electron chi connectivity index (χ4n) is 2.11. The van der Waals surface area contributed by atoms with E-state index >= 15 is 0 Å². The van der Waals surface area contributed by atoms with Gasteiger partial charge in [0.1, 0.15) is 13.2 Å². The zero-order valence-electron chi connectivity index (χ0n) is 12.4. The van der Waals surface area contributed by atoms with Crippen molar-refractivity contribution in [1.29, 1.82) is 0 Å². The molecular formula is C15H22N2O4. The first-order valence-corrected chi connectivity index (χ1v) is 7.21. The van der Waals surface area contributed by atoms with Gasteiger partial charge in [0.15, 0.2) is 11.5 Å². The van der Waals surface area contributed by atoms with Crippen molar-refractivity contribution in [3.05, 3.63) is 23.8 Å². The highest BCUT2D eigenvalue weighted by molar-refractivity contribution is 5.74. The van der Waals surface area contributed by atoms with E-state index in [1.54, 1.807) is 0 Å². The number of hydrogen-bond acceptors (Lipinski definition) is 4. The number of rotatable bonds is 5. The maximum Gasteiger partial charge on any atom is 0.315 e. The molecule has 0 bridgehead atoms. The van der Waals surface area contributed by atoms with Crippen LogP contribution >= 0.6 is 0 Å². The highest BCUT2D eigenvalue weighted by Crippen LogP contribution is 2.32. The molecule has 0 aliphatic carbocycles. The minimum Gasteiger partial charge on any atom is -0.486 e. The van der Waals surface area contributed by atoms with Gasteiger partial charge in [-0.1, -0.05) is 13.0 Å². The molecule has 1 heterocycles. The second kappa shape index (κ2) is 7.17. The van der Waals surface area contributed by atoms with Crippen LogP contribution in [0.2, 0.25) is 0 Å². The number of aliphatic hydroxyl groups excluding tert-OH is 1. The van der Waals surface area contributed by atoms with Crippen molar-refractivity contribution in [3.8, 4) is 11.5 Å². The van der Waals surface area contributed by atoms with Crippen molar-refractivity contribution in [2.75, 3.05) is 19.8 Å². The van der Waals surface area contributed by atoms with Gasteiger partial charge in [-0.05, 0) is 31.0 Å². The highest BCUT2D eigenvalue weighted by Gasteiger charge is 2.16. The second-order valence-electron chi connectivity index (χ2n) is 5.03. The van der Waals surface area contributed by atoms with Crippen molar-refractivity contribution in [3.63, 3.8) is 0 Å². The molecule has 1 aromatic carbocycles. The monoisotopic (exact) mass is 294 g/mol. The molecule has 2 rings (SSSR count). The number of carbonyl (C=O) groups is 1. The molecule has 0 radical (unpaired) electrons. The number of amides is 2. The lowest BCUT2D eigenvalue weighted by Crippen LogP contribution is -2.44. The van der Waals surface area contributed by atoms with Crippen LogP contribution in [0.25, 0.3) is 0 Å². The minimum absolute atomic E-state index is 0.0671. The summed E-state index contributed by atoms with van der Waals surface area (Å²) in [6.07, 6.45) is 0.683. The quantitative estimate of drug-likeness (QED) is 0.770. The molecular weight excluding hydrogens is 272 g/mol. The lowest BCUT2D eigenvalue weighted by molar-refractivity contribution is 0.171. The number of aliphatic hydroxyl groups is 1. The Kier molecular flexibility index (Phi) is 5.27. The maximum absolute atomic E-state index is 11.9. The van der Waals surface area contributed by atoms with Gasteiger partial charge in [0.2, 0.25) is 0 Å². The topological polar surface area (TPSA) is 79.8 Å². The highest BCUT2D eigenvalue weighted by atomic mass is 16.6. The summed E-state index contributed by atoms with van der Waals surface area (Å²) in [6.45, 7) is 4.83. The second-order valence-corrected chi connectivity index (χ2v) is 5.03. The summed E-state index contributed by atoms with van der Waals surface area (Å²) in [5, 5.41) is 14.7. The van der Waals surface area contributed by atoms with Gasteiger partial charge in [-0.25, -0.2) is 4.79 Å². The first-order chi connectivity index (χ1) is 10.1. The first kappa shape index (κ1) is 15.4. The van der Waals surface area contributed by atoms with Crippen LogP contribution in [0.5, 0.6) is 11.5 Å². The third-order valence-electron chi connectivity index (χ3n) is 3.46. The van der Waals surface area contributed by atoms with Gasteiger partial charge >= 0.3 is 6.03 Å². The molecule has 1 aliphatic rings. The number of urea groups is 1. The molecule has 21 heavy (non-hydrogen) atoms. The molecule has 6 nitrogen and oxygen atoms in total. The number of carbonyl (C=O) groups excluding carboxylic acids is 1. The van der Waals surface area contributed by atoms with E-state index in [4.69, 9.17) is 14.6 Å². The van der Waals surface area contributed by atoms with Crippen molar-refractivity contribution in [2.45, 2.75) is 32.4 Å². The first-order valence-electron chi connectivity index (χ1n) is 7.21. The van der Waals surface area contributed by atoms with Crippen LogP contribution in [0.1, 0.15) is 31.9 Å². The third-order valence-corrected chi connectivity index (χ3v) is 3.46. The summed E-state index contributed by atoms with van der Waals surface area (Å²) >= 11 is 0. The van der Waals surface area contributed by atoms with E-state index < -0.39 is 0 Å². The summed E-state index contributed by atoms with van der Waals surface area (Å²) in [5.74, 6) is 1.43. The molecule has 0 saturated heterocycles. The van der Waals surface area contributed by atoms with Crippen molar-refractivity contribution in [1.82, 2.24) is 10.6 Å². The molecule has 0 aromatic heterocycles. The Bertz CT molecular complexity index is 489. The Balaban J connectivity index is 1.96. The Morgan fingerprint density at radius 2 is 2.00 bits per heavy atom. The number of nitrogens with one attached hydrogen (secondary N) is 2. The van der Waals surface area contributed by atoms with Gasteiger partial charge in [0.25, 0.3) is 0 Å². The molecule has 6 heteroatoms. The van der Waals surface area contributed by atoms with E-state index in [1.165, 1.54) is 0 Å². The zero-order valence-corrected chi connectivity index (χ0v) is 12.4. The third kappa shape index (κ3) is 4.01. The summed E-state index contributed by atoms with van der Waals surface area (Å²) in [4.78, 5) is 11.9. The molecule has 0 unspecified atom stereocenters. The largest absolute Gasteiger partial charge is 0.486 e. The van der Waals surface area contributed by atoms with E-state index in [2.05, 4.69) is 10.6 Å². The van der Waals surface area contributed by atoms with Gasteiger partial charge < -0.3 is 25.2 Å². The van der Waals surface area contributed by atoms with Crippen LogP contribution in [-0.4, -0.2) is 37.0 Å². The van der Waals surface area contributed by atoms with E-state index in [0.717, 1.165) is 11.3 Å². The number of ether oxygens (including phenoxy) is 2. The standard InChI is InChI=1S/C15H22N2O4/c1-3-12(9-18)17-15(19)16-10(2)11-4-5-13-14(8-11)21-7-6-20-13/h4-5,8,10,12,18H,3,6-7,9H2,1-2H3,(H2,16,17,19)/t10-,12-/m0/s1. The van der Waals surface area contributed by atoms with Crippen molar-refractivity contribution < 1.29 is 19.4 Å². The molecule has 1 aliphatic heterocycles. The van der Waals surface area contributed by atoms with Crippen LogP contribution in [0.15, 0.2) is 18.2 Å². The van der Waals surface area contributed by atoms with E-state index in [0.29, 0.717) is 25.4 Å². The van der Waals surface area contributed by atoms with Gasteiger partial charge in [0, 0.05) is 0 Å². The number of fused-ring (bicyclic) bond motifs is 1. The fraction of sp³-hybridized carbons (Fsp3) is 0.533. The maximum atomic E-state index is 11.9. The SMILES string of the molecule is CC[C@@H](CO)NC(=O)N[C@@H](C)c1ccc2c(c1)OCCO2. The molecule has 116 valence electrons. The van der Waals surface area contributed by atoms with Crippen LogP contribution in [0.4, 0.5) is 4.79 Å². The number of benzene rings is 1. The summed E-state index contributed by atoms with van der Waals surface area (Å²) in [6, 6.07) is 4.94. The van der Waals surface area contributed by atoms with Gasteiger partial charge in [-0.15, -0.1) is 0 Å². The van der Waals surface area contributed by atoms with E-state index in [-0.39, 0.29) is 24.7 Å². The van der Waals surface area contributed by atoms with Gasteiger partial charge in [-0.2, -0.15) is 0 Å². The van der Waals surface area contributed by atoms with Gasteiger partial charge in [0.05, 0.1) is 18.7 Å². The summed E-state index contributed by atoms with van der Waals surface area (Å²) in [7, 11) is 0. The average Bonchev–Trinajstić information content (AvgIpc) is 2.52. The van der Waals surface area contributed by atoms with Crippen LogP contribution in [0, 0.1) is 0 Å². The van der Waals surface area contributed by atoms with E-state index in [1.807, 2.05) is 32.0 Å². The molecule has 2 amide bonds. The predicted molar refractivity (Wildman–Crippen MR) is 78.7 cm³/mol. The fourth-order valence-corrected chi connectivity index (χ4v) is 2.11. The molecule has 2 atom stereocenters. The average molecular weight is 294 g/mol.